The first-order valence-electron chi connectivity index (χ1n) is 6.74. The molecule has 0 aliphatic heterocycles. The highest BCUT2D eigenvalue weighted by Gasteiger charge is 2.17. The monoisotopic (exact) mass is 300 g/mol. The molecule has 5 nitrogen and oxygen atoms in total. The van der Waals surface area contributed by atoms with Gasteiger partial charge in [0.15, 0.2) is 0 Å². The summed E-state index contributed by atoms with van der Waals surface area (Å²) in [6, 6.07) is 5.13. The molecule has 0 atom stereocenters. The van der Waals surface area contributed by atoms with Gasteiger partial charge in [-0.3, -0.25) is 0 Å². The SMILES string of the molecule is Cc1c(CN)cccc1S(=O)(=O)NCCOCC(C)C. The van der Waals surface area contributed by atoms with Crippen LogP contribution in [0.2, 0.25) is 0 Å². The van der Waals surface area contributed by atoms with Crippen LogP contribution in [0.25, 0.3) is 0 Å². The summed E-state index contributed by atoms with van der Waals surface area (Å²) >= 11 is 0. The molecule has 0 aliphatic carbocycles. The number of hydrogen-bond acceptors (Lipinski definition) is 4. The number of nitrogens with one attached hydrogen (secondary N) is 1. The number of benzene rings is 1. The second kappa shape index (κ2) is 7.73. The smallest absolute Gasteiger partial charge is 0.240 e. The first kappa shape index (κ1) is 17.1. The molecule has 20 heavy (non-hydrogen) atoms. The average molecular weight is 300 g/mol. The number of sulfonamides is 1. The standard InChI is InChI=1S/C14H24N2O3S/c1-11(2)10-19-8-7-16-20(17,18)14-6-4-5-13(9-15)12(14)3/h4-6,11,16H,7-10,15H2,1-3H3. The molecule has 0 saturated heterocycles. The van der Waals surface area contributed by atoms with Crippen molar-refractivity contribution in [3.8, 4) is 0 Å². The summed E-state index contributed by atoms with van der Waals surface area (Å²) in [4.78, 5) is 0.282. The first-order chi connectivity index (χ1) is 9.38. The maximum Gasteiger partial charge on any atom is 0.240 e. The Balaban J connectivity index is 2.65. The van der Waals surface area contributed by atoms with Gasteiger partial charge in [-0.1, -0.05) is 26.0 Å². The Morgan fingerprint density at radius 2 is 2.05 bits per heavy atom. The molecule has 114 valence electrons. The molecule has 0 spiro atoms. The summed E-state index contributed by atoms with van der Waals surface area (Å²) in [7, 11) is -3.51. The maximum atomic E-state index is 12.2. The van der Waals surface area contributed by atoms with E-state index in [1.807, 2.05) is 19.9 Å². The van der Waals surface area contributed by atoms with Crippen molar-refractivity contribution in [3.63, 3.8) is 0 Å². The number of ether oxygens (including phenoxy) is 1. The van der Waals surface area contributed by atoms with Crippen LogP contribution in [0.3, 0.4) is 0 Å². The zero-order valence-corrected chi connectivity index (χ0v) is 13.2. The summed E-state index contributed by atoms with van der Waals surface area (Å²) < 4.78 is 32.3. The Labute approximate surface area is 121 Å². The molecular weight excluding hydrogens is 276 g/mol. The predicted molar refractivity (Wildman–Crippen MR) is 79.9 cm³/mol. The first-order valence-corrected chi connectivity index (χ1v) is 8.22. The zero-order valence-electron chi connectivity index (χ0n) is 12.3. The third kappa shape index (κ3) is 4.86. The van der Waals surface area contributed by atoms with E-state index in [0.717, 1.165) is 5.56 Å². The molecule has 0 aliphatic rings. The van der Waals surface area contributed by atoms with Crippen molar-refractivity contribution in [1.29, 1.82) is 0 Å². The van der Waals surface area contributed by atoms with E-state index in [4.69, 9.17) is 10.5 Å². The summed E-state index contributed by atoms with van der Waals surface area (Å²) in [6.07, 6.45) is 0. The minimum Gasteiger partial charge on any atom is -0.380 e. The van der Waals surface area contributed by atoms with Gasteiger partial charge in [-0.25, -0.2) is 13.1 Å². The summed E-state index contributed by atoms with van der Waals surface area (Å²) in [5.74, 6) is 0.440. The Bertz CT molecular complexity index is 527. The van der Waals surface area contributed by atoms with Crippen molar-refractivity contribution < 1.29 is 13.2 Å². The van der Waals surface area contributed by atoms with Crippen LogP contribution in [0, 0.1) is 12.8 Å². The van der Waals surface area contributed by atoms with E-state index in [2.05, 4.69) is 4.72 Å². The molecule has 3 N–H and O–H groups in total. The van der Waals surface area contributed by atoms with E-state index in [0.29, 0.717) is 31.2 Å². The van der Waals surface area contributed by atoms with Crippen molar-refractivity contribution >= 4 is 10.0 Å². The molecule has 0 amide bonds. The van der Waals surface area contributed by atoms with E-state index < -0.39 is 10.0 Å². The highest BCUT2D eigenvalue weighted by Crippen LogP contribution is 2.18. The lowest BCUT2D eigenvalue weighted by Gasteiger charge is -2.12. The minimum atomic E-state index is -3.51. The normalized spacial score (nSPS) is 12.1. The quantitative estimate of drug-likeness (QED) is 0.711. The highest BCUT2D eigenvalue weighted by molar-refractivity contribution is 7.89. The van der Waals surface area contributed by atoms with Crippen LogP contribution >= 0.6 is 0 Å². The van der Waals surface area contributed by atoms with E-state index in [1.165, 1.54) is 0 Å². The molecule has 0 saturated carbocycles. The molecular formula is C14H24N2O3S. The van der Waals surface area contributed by atoms with E-state index >= 15 is 0 Å². The predicted octanol–water partition coefficient (Wildman–Crippen LogP) is 1.40. The lowest BCUT2D eigenvalue weighted by atomic mass is 10.1. The Morgan fingerprint density at radius 1 is 1.35 bits per heavy atom. The Hall–Kier alpha value is -0.950. The number of nitrogens with two attached hydrogens (primary N) is 1. The summed E-state index contributed by atoms with van der Waals surface area (Å²) in [5, 5.41) is 0. The van der Waals surface area contributed by atoms with E-state index in [1.54, 1.807) is 19.1 Å². The molecule has 0 radical (unpaired) electrons. The molecule has 1 aromatic rings. The zero-order chi connectivity index (χ0) is 15.2. The van der Waals surface area contributed by atoms with Gasteiger partial charge in [0.1, 0.15) is 0 Å². The summed E-state index contributed by atoms with van der Waals surface area (Å²) in [5.41, 5.74) is 7.13. The van der Waals surface area contributed by atoms with Crippen LogP contribution < -0.4 is 10.5 Å². The third-order valence-electron chi connectivity index (χ3n) is 2.90. The fourth-order valence-electron chi connectivity index (χ4n) is 1.82. The minimum absolute atomic E-state index is 0.265. The molecule has 0 bridgehead atoms. The maximum absolute atomic E-state index is 12.2. The van der Waals surface area contributed by atoms with Crippen LogP contribution in [0.1, 0.15) is 25.0 Å². The van der Waals surface area contributed by atoms with Crippen LogP contribution in [0.15, 0.2) is 23.1 Å². The van der Waals surface area contributed by atoms with Gasteiger partial charge >= 0.3 is 0 Å². The van der Waals surface area contributed by atoms with E-state index in [-0.39, 0.29) is 11.4 Å². The molecule has 6 heteroatoms. The molecule has 0 fully saturated rings. The second-order valence-corrected chi connectivity index (χ2v) is 6.85. The van der Waals surface area contributed by atoms with Crippen LogP contribution in [0.4, 0.5) is 0 Å². The second-order valence-electron chi connectivity index (χ2n) is 5.11. The van der Waals surface area contributed by atoms with Gasteiger partial charge in [0, 0.05) is 19.7 Å². The molecule has 1 aromatic carbocycles. The van der Waals surface area contributed by atoms with Crippen molar-refractivity contribution in [2.24, 2.45) is 11.7 Å². The molecule has 1 rings (SSSR count). The van der Waals surface area contributed by atoms with Gasteiger partial charge < -0.3 is 10.5 Å². The van der Waals surface area contributed by atoms with Gasteiger partial charge in [0.25, 0.3) is 0 Å². The van der Waals surface area contributed by atoms with Gasteiger partial charge in [0.2, 0.25) is 10.0 Å². The van der Waals surface area contributed by atoms with E-state index in [9.17, 15) is 8.42 Å². The lowest BCUT2D eigenvalue weighted by molar-refractivity contribution is 0.114. The highest BCUT2D eigenvalue weighted by atomic mass is 32.2. The topological polar surface area (TPSA) is 81.4 Å². The Morgan fingerprint density at radius 3 is 2.65 bits per heavy atom. The largest absolute Gasteiger partial charge is 0.380 e. The summed E-state index contributed by atoms with van der Waals surface area (Å²) in [6.45, 7) is 7.45. The Kier molecular flexibility index (Phi) is 6.61. The van der Waals surface area contributed by atoms with Crippen LogP contribution in [0.5, 0.6) is 0 Å². The number of hydrogen-bond donors (Lipinski definition) is 2. The van der Waals surface area contributed by atoms with Gasteiger partial charge in [-0.15, -0.1) is 0 Å². The van der Waals surface area contributed by atoms with Crippen LogP contribution in [-0.4, -0.2) is 28.2 Å². The fraction of sp³-hybridized carbons (Fsp3) is 0.571. The van der Waals surface area contributed by atoms with Crippen molar-refractivity contribution in [2.45, 2.75) is 32.2 Å². The van der Waals surface area contributed by atoms with Crippen molar-refractivity contribution in [3.05, 3.63) is 29.3 Å². The van der Waals surface area contributed by atoms with Gasteiger partial charge in [-0.2, -0.15) is 0 Å². The average Bonchev–Trinajstić information content (AvgIpc) is 2.38. The molecule has 0 unspecified atom stereocenters. The van der Waals surface area contributed by atoms with Crippen molar-refractivity contribution in [2.75, 3.05) is 19.8 Å². The third-order valence-corrected chi connectivity index (χ3v) is 4.50. The molecule has 0 heterocycles. The van der Waals surface area contributed by atoms with Gasteiger partial charge in [-0.05, 0) is 30.0 Å². The lowest BCUT2D eigenvalue weighted by Crippen LogP contribution is -2.28. The van der Waals surface area contributed by atoms with Crippen LogP contribution in [-0.2, 0) is 21.3 Å². The van der Waals surface area contributed by atoms with Gasteiger partial charge in [0.05, 0.1) is 11.5 Å². The number of rotatable bonds is 8. The van der Waals surface area contributed by atoms with Crippen molar-refractivity contribution in [1.82, 2.24) is 4.72 Å². The molecule has 0 aromatic heterocycles. The fourth-order valence-corrected chi connectivity index (χ4v) is 3.12.